The highest BCUT2D eigenvalue weighted by atomic mass is 16.1. The molecule has 0 unspecified atom stereocenters. The summed E-state index contributed by atoms with van der Waals surface area (Å²) in [4.78, 5) is 25.7. The van der Waals surface area contributed by atoms with Crippen LogP contribution in [0, 0.1) is 0 Å². The van der Waals surface area contributed by atoms with Gasteiger partial charge >= 0.3 is 11.5 Å². The first-order chi connectivity index (χ1) is 5.65. The molecule has 0 aliphatic heterocycles. The van der Waals surface area contributed by atoms with Crippen LogP contribution in [0.4, 0.5) is 17.5 Å². The molecule has 64 valence electrons. The Morgan fingerprint density at radius 2 is 2.17 bits per heavy atom. The number of carbonyl (C=O) groups excluding carboxylic acids is 1. The molecular weight excluding hydrogens is 162 g/mol. The molecule has 0 fully saturated rings. The number of hydrogen-bond donors (Lipinski definition) is 4. The molecule has 0 radical (unpaired) electrons. The summed E-state index contributed by atoms with van der Waals surface area (Å²) in [5, 5.41) is 2.14. The summed E-state index contributed by atoms with van der Waals surface area (Å²) < 4.78 is 0. The normalized spacial score (nSPS) is 9.33. The zero-order valence-corrected chi connectivity index (χ0v) is 6.05. The van der Waals surface area contributed by atoms with Gasteiger partial charge in [0.15, 0.2) is 5.69 Å². The Morgan fingerprint density at radius 1 is 1.50 bits per heavy atom. The van der Waals surface area contributed by atoms with E-state index in [-0.39, 0.29) is 17.5 Å². The third kappa shape index (κ3) is 1.34. The van der Waals surface area contributed by atoms with Gasteiger partial charge in [-0.1, -0.05) is 0 Å². The molecule has 7 N–H and O–H groups in total. The monoisotopic (exact) mass is 170 g/mol. The number of aromatic amines is 2. The van der Waals surface area contributed by atoms with Crippen LogP contribution >= 0.6 is 0 Å². The van der Waals surface area contributed by atoms with Crippen molar-refractivity contribution in [1.29, 1.82) is 0 Å². The Hall–Kier alpha value is -2.05. The van der Waals surface area contributed by atoms with Gasteiger partial charge in [0, 0.05) is 0 Å². The predicted octanol–water partition coefficient (Wildman–Crippen LogP) is -2.08. The molecule has 12 heavy (non-hydrogen) atoms. The van der Waals surface area contributed by atoms with E-state index in [0.717, 1.165) is 0 Å². The third-order valence-electron chi connectivity index (χ3n) is 1.22. The number of nitrogens with two attached hydrogens (primary N) is 2. The van der Waals surface area contributed by atoms with E-state index in [0.29, 0.717) is 6.41 Å². The summed E-state index contributed by atoms with van der Waals surface area (Å²) >= 11 is 0. The van der Waals surface area contributed by atoms with Crippen molar-refractivity contribution in [3.05, 3.63) is 10.4 Å². The number of hydrogen-bond acceptors (Lipinski definition) is 4. The maximum Gasteiger partial charge on any atom is 0.322 e. The van der Waals surface area contributed by atoms with Crippen LogP contribution in [0.3, 0.4) is 0 Å². The van der Waals surface area contributed by atoms with Crippen LogP contribution in [-0.4, -0.2) is 11.4 Å². The fourth-order valence-corrected chi connectivity index (χ4v) is 0.748. The summed E-state index contributed by atoms with van der Waals surface area (Å²) in [6.07, 6.45) is 0.352. The first-order valence-electron chi connectivity index (χ1n) is 3.06. The predicted molar refractivity (Wildman–Crippen MR) is 42.1 cm³/mol. The van der Waals surface area contributed by atoms with Crippen molar-refractivity contribution < 1.29 is 9.78 Å². The smallest absolute Gasteiger partial charge is 0.322 e. The fourth-order valence-electron chi connectivity index (χ4n) is 0.748. The average Bonchev–Trinajstić information content (AvgIpc) is 1.96. The lowest BCUT2D eigenvalue weighted by Crippen LogP contribution is -2.27. The number of aromatic nitrogens is 2. The molecule has 1 aromatic rings. The molecule has 1 amide bonds. The van der Waals surface area contributed by atoms with Crippen molar-refractivity contribution in [2.24, 2.45) is 0 Å². The van der Waals surface area contributed by atoms with Gasteiger partial charge in [-0.05, 0) is 0 Å². The summed E-state index contributed by atoms with van der Waals surface area (Å²) in [5.74, 6) is 0.0531. The zero-order chi connectivity index (χ0) is 9.14. The highest BCUT2D eigenvalue weighted by Crippen LogP contribution is 2.02. The van der Waals surface area contributed by atoms with Crippen molar-refractivity contribution in [2.45, 2.75) is 0 Å². The molecule has 1 heterocycles. The molecule has 0 bridgehead atoms. The molecule has 0 spiro atoms. The summed E-state index contributed by atoms with van der Waals surface area (Å²) in [6, 6.07) is 0. The Bertz CT molecular complexity index is 357. The van der Waals surface area contributed by atoms with Gasteiger partial charge in [-0.2, -0.15) is 0 Å². The second-order valence-corrected chi connectivity index (χ2v) is 2.04. The first kappa shape index (κ1) is 8.05. The van der Waals surface area contributed by atoms with Crippen LogP contribution < -0.4 is 27.3 Å². The van der Waals surface area contributed by atoms with E-state index in [1.54, 1.807) is 0 Å². The van der Waals surface area contributed by atoms with Gasteiger partial charge in [-0.15, -0.1) is 0 Å². The molecule has 7 heteroatoms. The standard InChI is InChI=1S/C5H7N5O2/c6-3-2(8-1-11)4(12)10-5(7)9-3/h1H,(H,8,11)(H5,6,7,9,10,12)/p+1. The minimum absolute atomic E-state index is 0.0170. The van der Waals surface area contributed by atoms with E-state index in [4.69, 9.17) is 11.5 Å². The number of rotatable bonds is 2. The zero-order valence-electron chi connectivity index (χ0n) is 6.05. The largest absolute Gasteiger partial charge is 0.333 e. The van der Waals surface area contributed by atoms with Gasteiger partial charge in [0.2, 0.25) is 12.2 Å². The van der Waals surface area contributed by atoms with Crippen molar-refractivity contribution in [2.75, 3.05) is 16.8 Å². The van der Waals surface area contributed by atoms with E-state index in [9.17, 15) is 9.59 Å². The van der Waals surface area contributed by atoms with Crippen LogP contribution in [0.2, 0.25) is 0 Å². The molecular formula is C5H8N5O2+. The Kier molecular flexibility index (Phi) is 1.95. The number of anilines is 3. The number of nitrogen functional groups attached to an aromatic ring is 2. The average molecular weight is 170 g/mol. The van der Waals surface area contributed by atoms with Crippen LogP contribution in [0.15, 0.2) is 4.79 Å². The summed E-state index contributed by atoms with van der Waals surface area (Å²) in [5.41, 5.74) is 9.96. The van der Waals surface area contributed by atoms with Gasteiger partial charge in [0.05, 0.1) is 0 Å². The number of amides is 1. The van der Waals surface area contributed by atoms with Crippen LogP contribution in [-0.2, 0) is 4.79 Å². The van der Waals surface area contributed by atoms with E-state index >= 15 is 0 Å². The Labute approximate surface area is 66.8 Å². The highest BCUT2D eigenvalue weighted by molar-refractivity contribution is 5.75. The van der Waals surface area contributed by atoms with Crippen LogP contribution in [0.25, 0.3) is 0 Å². The van der Waals surface area contributed by atoms with Crippen molar-refractivity contribution in [1.82, 2.24) is 4.98 Å². The third-order valence-corrected chi connectivity index (χ3v) is 1.22. The lowest BCUT2D eigenvalue weighted by atomic mass is 10.5. The molecule has 0 saturated carbocycles. The molecule has 0 aliphatic carbocycles. The molecule has 1 rings (SSSR count). The van der Waals surface area contributed by atoms with E-state index < -0.39 is 5.56 Å². The topological polar surface area (TPSA) is 128 Å². The summed E-state index contributed by atoms with van der Waals surface area (Å²) in [6.45, 7) is 0. The van der Waals surface area contributed by atoms with Crippen molar-refractivity contribution in [3.63, 3.8) is 0 Å². The molecule has 0 atom stereocenters. The van der Waals surface area contributed by atoms with Crippen LogP contribution in [0.1, 0.15) is 0 Å². The minimum Gasteiger partial charge on any atom is -0.333 e. The summed E-state index contributed by atoms with van der Waals surface area (Å²) in [7, 11) is 0. The lowest BCUT2D eigenvalue weighted by molar-refractivity contribution is -0.346. The number of H-pyrrole nitrogens is 2. The van der Waals surface area contributed by atoms with Gasteiger partial charge < -0.3 is 16.8 Å². The minimum atomic E-state index is -0.546. The van der Waals surface area contributed by atoms with E-state index in [2.05, 4.69) is 15.3 Å². The lowest BCUT2D eigenvalue weighted by Gasteiger charge is -1.97. The molecule has 0 saturated heterocycles. The molecule has 0 aliphatic rings. The van der Waals surface area contributed by atoms with Crippen LogP contribution in [0.5, 0.6) is 0 Å². The first-order valence-corrected chi connectivity index (χ1v) is 3.06. The van der Waals surface area contributed by atoms with Gasteiger partial charge in [0.1, 0.15) is 0 Å². The maximum absolute atomic E-state index is 11.0. The van der Waals surface area contributed by atoms with Crippen molar-refractivity contribution >= 4 is 23.9 Å². The maximum atomic E-state index is 11.0. The van der Waals surface area contributed by atoms with Gasteiger partial charge in [0.25, 0.3) is 0 Å². The van der Waals surface area contributed by atoms with Gasteiger partial charge in [-0.25, -0.2) is 9.97 Å². The highest BCUT2D eigenvalue weighted by Gasteiger charge is 2.09. The molecule has 7 nitrogen and oxygen atoms in total. The van der Waals surface area contributed by atoms with E-state index in [1.165, 1.54) is 0 Å². The number of carbonyl (C=O) groups is 1. The number of nitrogens with one attached hydrogen (secondary N) is 3. The SMILES string of the molecule is Nc1[nH]c(=O)c(NC=O)c(N)[nH+]1. The quantitative estimate of drug-likeness (QED) is 0.380. The fraction of sp³-hybridized carbons (Fsp3) is 0. The van der Waals surface area contributed by atoms with Crippen molar-refractivity contribution in [3.8, 4) is 0 Å². The molecule has 0 aromatic carbocycles. The second-order valence-electron chi connectivity index (χ2n) is 2.04. The molecule has 1 aromatic heterocycles. The Balaban J connectivity index is 3.28. The second kappa shape index (κ2) is 2.91. The van der Waals surface area contributed by atoms with Gasteiger partial charge in [-0.3, -0.25) is 9.59 Å². The Morgan fingerprint density at radius 3 is 2.67 bits per heavy atom. The van der Waals surface area contributed by atoms with E-state index in [1.807, 2.05) is 0 Å².